The van der Waals surface area contributed by atoms with Crippen LogP contribution in [0.4, 0.5) is 0 Å². The molecule has 1 atom stereocenters. The van der Waals surface area contributed by atoms with Gasteiger partial charge in [0, 0.05) is 45.4 Å². The van der Waals surface area contributed by atoms with Crippen LogP contribution >= 0.6 is 11.6 Å². The Morgan fingerprint density at radius 2 is 0.929 bits per heavy atom. The highest BCUT2D eigenvalue weighted by atomic mass is 35.5. The first-order valence-corrected chi connectivity index (χ1v) is 16.7. The van der Waals surface area contributed by atoms with Crippen LogP contribution in [0.3, 0.4) is 0 Å². The van der Waals surface area contributed by atoms with E-state index in [0.29, 0.717) is 44.3 Å². The Labute approximate surface area is 260 Å². The predicted octanol–water partition coefficient (Wildman–Crippen LogP) is 6.17. The third-order valence-corrected chi connectivity index (χ3v) is 6.59. The molecule has 42 heavy (non-hydrogen) atoms. The van der Waals surface area contributed by atoms with Gasteiger partial charge in [-0.15, -0.1) is 11.6 Å². The molecule has 1 aliphatic heterocycles. The Hall–Kier alpha value is -1.46. The number of aliphatic carboxylic acids is 3. The average Bonchev–Trinajstić information content (AvgIpc) is 3.79. The van der Waals surface area contributed by atoms with E-state index in [9.17, 15) is 14.4 Å². The van der Waals surface area contributed by atoms with Crippen LogP contribution in [0.15, 0.2) is 0 Å². The molecule has 1 unspecified atom stereocenters. The van der Waals surface area contributed by atoms with Gasteiger partial charge in [-0.1, -0.05) is 96.8 Å². The molecule has 1 rings (SSSR count). The first-order valence-electron chi connectivity index (χ1n) is 16.2. The van der Waals surface area contributed by atoms with Crippen LogP contribution in [0.5, 0.6) is 0 Å². The van der Waals surface area contributed by atoms with Gasteiger partial charge in [0.2, 0.25) is 0 Å². The third-order valence-electron chi connectivity index (χ3n) is 6.24. The maximum absolute atomic E-state index is 10.3. The summed E-state index contributed by atoms with van der Waals surface area (Å²) in [6.45, 7) is 6.28. The zero-order valence-electron chi connectivity index (χ0n) is 26.5. The van der Waals surface area contributed by atoms with E-state index in [2.05, 4.69) is 12.2 Å². The van der Waals surface area contributed by atoms with Gasteiger partial charge < -0.3 is 36.8 Å². The fraction of sp³-hybridized carbons (Fsp3) is 0.903. The molecule has 252 valence electrons. The Kier molecular flexibility index (Phi) is 42.3. The molecule has 0 radical (unpaired) electrons. The van der Waals surface area contributed by atoms with E-state index in [4.69, 9.17) is 43.1 Å². The number of ether oxygens (including phenoxy) is 1. The molecule has 1 aliphatic rings. The van der Waals surface area contributed by atoms with Crippen molar-refractivity contribution in [2.75, 3.05) is 38.7 Å². The van der Waals surface area contributed by atoms with Crippen LogP contribution in [0.25, 0.3) is 0 Å². The fourth-order valence-corrected chi connectivity index (χ4v) is 3.86. The van der Waals surface area contributed by atoms with Crippen molar-refractivity contribution < 1.29 is 34.4 Å². The highest BCUT2D eigenvalue weighted by molar-refractivity contribution is 6.18. The summed E-state index contributed by atoms with van der Waals surface area (Å²) in [5.41, 5.74) is 10.3. The summed E-state index contributed by atoms with van der Waals surface area (Å²) in [6.07, 6.45) is 21.6. The smallest absolute Gasteiger partial charge is 0.303 e. The molecule has 0 aromatic carbocycles. The van der Waals surface area contributed by atoms with Gasteiger partial charge >= 0.3 is 17.9 Å². The Balaban J connectivity index is -0.000000566. The number of rotatable bonds is 26. The lowest BCUT2D eigenvalue weighted by molar-refractivity contribution is -0.139. The Morgan fingerprint density at radius 3 is 1.14 bits per heavy atom. The maximum Gasteiger partial charge on any atom is 0.303 e. The minimum atomic E-state index is -0.870. The molecule has 1 saturated heterocycles. The molecular weight excluding hydrogens is 562 g/mol. The number of carbonyl (C=O) groups is 3. The summed E-state index contributed by atoms with van der Waals surface area (Å²) in [5.74, 6) is -1.73. The van der Waals surface area contributed by atoms with Crippen LogP contribution in [-0.2, 0) is 19.1 Å². The molecule has 0 aliphatic carbocycles. The molecule has 10 nitrogen and oxygen atoms in total. The average molecular weight is 626 g/mol. The van der Waals surface area contributed by atoms with Gasteiger partial charge in [0.25, 0.3) is 0 Å². The minimum Gasteiger partial charge on any atom is -0.481 e. The Bertz CT molecular complexity index is 563. The van der Waals surface area contributed by atoms with Crippen molar-refractivity contribution in [3.05, 3.63) is 0 Å². The number of nitrogens with two attached hydrogens (primary N) is 2. The topological polar surface area (TPSA) is 188 Å². The molecule has 0 spiro atoms. The minimum absolute atomic E-state index is 0.0628. The number of alkyl halides is 1. The molecule has 0 amide bonds. The van der Waals surface area contributed by atoms with Crippen molar-refractivity contribution in [3.63, 3.8) is 0 Å². The van der Waals surface area contributed by atoms with E-state index in [1.54, 1.807) is 0 Å². The second kappa shape index (κ2) is 39.5. The lowest BCUT2D eigenvalue weighted by atomic mass is 10.0. The highest BCUT2D eigenvalue weighted by Gasteiger charge is 2.19. The molecule has 0 bridgehead atoms. The molecule has 0 saturated carbocycles. The molecule has 11 heteroatoms. The summed E-state index contributed by atoms with van der Waals surface area (Å²) in [6, 6.07) is 0. The van der Waals surface area contributed by atoms with Gasteiger partial charge in [-0.05, 0) is 19.3 Å². The highest BCUT2D eigenvalue weighted by Crippen LogP contribution is 2.13. The molecule has 1 fully saturated rings. The number of epoxide rings is 1. The van der Waals surface area contributed by atoms with E-state index in [1.165, 1.54) is 83.5 Å². The van der Waals surface area contributed by atoms with Gasteiger partial charge in [0.15, 0.2) is 0 Å². The standard InChI is InChI=1S/C18H36O2.C6H10O4.C4H13N3.C3H5ClO/c1-2-3-4-5-6-7-8-9-10-11-12-13-14-15-16-17-18(19)20;7-5(8)3-1-2-4-6(9)10;5-1-3-7-4-2-6;4-1-3-2-5-3/h2-17H2,1H3,(H,19,20);1-4H2,(H,7,8)(H,9,10);7H,1-6H2;3H,1-2H2. The van der Waals surface area contributed by atoms with Crippen molar-refractivity contribution in [3.8, 4) is 0 Å². The van der Waals surface area contributed by atoms with Gasteiger partial charge in [-0.25, -0.2) is 0 Å². The number of nitrogens with one attached hydrogen (secondary N) is 1. The van der Waals surface area contributed by atoms with Crippen molar-refractivity contribution >= 4 is 29.5 Å². The predicted molar refractivity (Wildman–Crippen MR) is 172 cm³/mol. The van der Waals surface area contributed by atoms with Gasteiger partial charge in [-0.3, -0.25) is 14.4 Å². The Morgan fingerprint density at radius 1 is 0.643 bits per heavy atom. The number of unbranched alkanes of at least 4 members (excludes halogenated alkanes) is 15. The molecule has 1 heterocycles. The van der Waals surface area contributed by atoms with Crippen LogP contribution in [-0.4, -0.2) is 78.0 Å². The normalized spacial score (nSPS) is 13.0. The van der Waals surface area contributed by atoms with E-state index in [1.807, 2.05) is 0 Å². The molecule has 0 aromatic heterocycles. The number of hydrogen-bond donors (Lipinski definition) is 6. The fourth-order valence-electron chi connectivity index (χ4n) is 3.69. The quantitative estimate of drug-likeness (QED) is 0.0368. The first kappa shape index (κ1) is 45.0. The summed E-state index contributed by atoms with van der Waals surface area (Å²) in [7, 11) is 0. The first-order chi connectivity index (χ1) is 20.2. The number of hydrogen-bond acceptors (Lipinski definition) is 7. The van der Waals surface area contributed by atoms with Crippen molar-refractivity contribution in [1.29, 1.82) is 0 Å². The molecule has 8 N–H and O–H groups in total. The van der Waals surface area contributed by atoms with Gasteiger partial charge in [0.1, 0.15) is 0 Å². The largest absolute Gasteiger partial charge is 0.481 e. The lowest BCUT2D eigenvalue weighted by Gasteiger charge is -2.03. The van der Waals surface area contributed by atoms with Crippen molar-refractivity contribution in [1.82, 2.24) is 5.32 Å². The van der Waals surface area contributed by atoms with E-state index >= 15 is 0 Å². The molecular formula is C31H64ClN3O7. The van der Waals surface area contributed by atoms with Crippen LogP contribution in [0.2, 0.25) is 0 Å². The zero-order chi connectivity index (χ0) is 32.1. The van der Waals surface area contributed by atoms with Crippen LogP contribution in [0, 0.1) is 0 Å². The van der Waals surface area contributed by atoms with E-state index in [-0.39, 0.29) is 12.8 Å². The van der Waals surface area contributed by atoms with E-state index < -0.39 is 17.9 Å². The number of carboxylic acids is 3. The third kappa shape index (κ3) is 54.6. The summed E-state index contributed by atoms with van der Waals surface area (Å²) in [4.78, 5) is 30.1. The second-order valence-electron chi connectivity index (χ2n) is 10.5. The molecule has 0 aromatic rings. The SMILES string of the molecule is CCCCCCCCCCCCCCCCCC(=O)O.ClCC1CO1.NCCNCCN.O=C(O)CCCCC(=O)O. The van der Waals surface area contributed by atoms with Crippen molar-refractivity contribution in [2.24, 2.45) is 11.5 Å². The second-order valence-corrected chi connectivity index (χ2v) is 10.8. The summed E-state index contributed by atoms with van der Waals surface area (Å²) < 4.78 is 4.73. The zero-order valence-corrected chi connectivity index (χ0v) is 27.2. The van der Waals surface area contributed by atoms with E-state index in [0.717, 1.165) is 32.5 Å². The van der Waals surface area contributed by atoms with Crippen LogP contribution < -0.4 is 16.8 Å². The van der Waals surface area contributed by atoms with Gasteiger partial charge in [0.05, 0.1) is 18.6 Å². The van der Waals surface area contributed by atoms with Gasteiger partial charge in [-0.2, -0.15) is 0 Å². The summed E-state index contributed by atoms with van der Waals surface area (Å²) >= 11 is 5.27. The van der Waals surface area contributed by atoms with Crippen LogP contribution in [0.1, 0.15) is 135 Å². The number of carboxylic acid groups (broad SMARTS) is 3. The number of halogens is 1. The lowest BCUT2D eigenvalue weighted by Crippen LogP contribution is -2.27. The van der Waals surface area contributed by atoms with Crippen molar-refractivity contribution in [2.45, 2.75) is 141 Å². The summed E-state index contributed by atoms with van der Waals surface area (Å²) in [5, 5.41) is 27.8. The maximum atomic E-state index is 10.3. The monoisotopic (exact) mass is 625 g/mol.